The molecule has 1 atom stereocenters. The Kier molecular flexibility index (Phi) is 6.89. The SMILES string of the molecule is COC(C)C(=O)N(C)C1CCNCC1.Cl. The lowest BCUT2D eigenvalue weighted by Gasteiger charge is -2.32. The number of carbonyl (C=O) groups is 1. The van der Waals surface area contributed by atoms with Gasteiger partial charge in [-0.2, -0.15) is 0 Å². The topological polar surface area (TPSA) is 41.6 Å². The van der Waals surface area contributed by atoms with Crippen molar-refractivity contribution in [2.45, 2.75) is 31.9 Å². The summed E-state index contributed by atoms with van der Waals surface area (Å²) >= 11 is 0. The van der Waals surface area contributed by atoms with Crippen LogP contribution in [0.15, 0.2) is 0 Å². The van der Waals surface area contributed by atoms with Gasteiger partial charge in [0.1, 0.15) is 6.10 Å². The molecule has 0 spiro atoms. The molecular formula is C10H21ClN2O2. The highest BCUT2D eigenvalue weighted by Crippen LogP contribution is 2.11. The lowest BCUT2D eigenvalue weighted by atomic mass is 10.0. The zero-order valence-corrected chi connectivity index (χ0v) is 10.5. The highest BCUT2D eigenvalue weighted by molar-refractivity contribution is 5.85. The van der Waals surface area contributed by atoms with Crippen LogP contribution in [0.3, 0.4) is 0 Å². The minimum atomic E-state index is -0.324. The summed E-state index contributed by atoms with van der Waals surface area (Å²) in [5.74, 6) is 0.0828. The summed E-state index contributed by atoms with van der Waals surface area (Å²) in [5, 5.41) is 3.28. The number of likely N-dealkylation sites (N-methyl/N-ethyl adjacent to an activating group) is 1. The second-order valence-electron chi connectivity index (χ2n) is 3.81. The van der Waals surface area contributed by atoms with Crippen LogP contribution in [0.25, 0.3) is 0 Å². The second kappa shape index (κ2) is 7.04. The number of halogens is 1. The van der Waals surface area contributed by atoms with Crippen LogP contribution in [0.2, 0.25) is 0 Å². The number of nitrogens with zero attached hydrogens (tertiary/aromatic N) is 1. The van der Waals surface area contributed by atoms with Crippen molar-refractivity contribution in [3.63, 3.8) is 0 Å². The molecule has 1 aliphatic rings. The predicted molar refractivity (Wildman–Crippen MR) is 62.4 cm³/mol. The van der Waals surface area contributed by atoms with Gasteiger partial charge in [-0.15, -0.1) is 12.4 Å². The van der Waals surface area contributed by atoms with Crippen LogP contribution < -0.4 is 5.32 Å². The molecule has 1 rings (SSSR count). The molecule has 1 saturated heterocycles. The summed E-state index contributed by atoms with van der Waals surface area (Å²) in [6.07, 6.45) is 1.76. The molecule has 4 nitrogen and oxygen atoms in total. The number of carbonyl (C=O) groups excluding carboxylic acids is 1. The summed E-state index contributed by atoms with van der Waals surface area (Å²) in [6.45, 7) is 3.80. The molecule has 1 aliphatic heterocycles. The lowest BCUT2D eigenvalue weighted by Crippen LogP contribution is -2.47. The molecule has 0 aromatic heterocycles. The van der Waals surface area contributed by atoms with Crippen LogP contribution in [0, 0.1) is 0 Å². The Bertz CT molecular complexity index is 196. The van der Waals surface area contributed by atoms with Gasteiger partial charge in [-0.05, 0) is 32.9 Å². The zero-order chi connectivity index (χ0) is 10.6. The molecule has 0 aliphatic carbocycles. The monoisotopic (exact) mass is 236 g/mol. The van der Waals surface area contributed by atoms with E-state index in [1.807, 2.05) is 11.9 Å². The van der Waals surface area contributed by atoms with Crippen molar-refractivity contribution in [2.75, 3.05) is 27.2 Å². The number of hydrogen-bond donors (Lipinski definition) is 1. The standard InChI is InChI=1S/C10H20N2O2.ClH/c1-8(14-3)10(13)12(2)9-4-6-11-7-5-9;/h8-9,11H,4-7H2,1-3H3;1H. The molecule has 15 heavy (non-hydrogen) atoms. The average molecular weight is 237 g/mol. The summed E-state index contributed by atoms with van der Waals surface area (Å²) in [5.41, 5.74) is 0. The molecule has 0 aromatic carbocycles. The van der Waals surface area contributed by atoms with E-state index in [2.05, 4.69) is 5.32 Å². The van der Waals surface area contributed by atoms with Gasteiger partial charge in [0.25, 0.3) is 5.91 Å². The first-order valence-electron chi connectivity index (χ1n) is 5.17. The highest BCUT2D eigenvalue weighted by Gasteiger charge is 2.24. The maximum absolute atomic E-state index is 11.8. The van der Waals surface area contributed by atoms with Gasteiger partial charge in [0.05, 0.1) is 0 Å². The van der Waals surface area contributed by atoms with Gasteiger partial charge in [0, 0.05) is 20.2 Å². The van der Waals surface area contributed by atoms with Crippen LogP contribution in [-0.4, -0.2) is 50.2 Å². The Morgan fingerprint density at radius 1 is 1.47 bits per heavy atom. The smallest absolute Gasteiger partial charge is 0.251 e. The Morgan fingerprint density at radius 3 is 2.47 bits per heavy atom. The fourth-order valence-corrected chi connectivity index (χ4v) is 1.76. The first kappa shape index (κ1) is 14.7. The van der Waals surface area contributed by atoms with Gasteiger partial charge >= 0.3 is 0 Å². The van der Waals surface area contributed by atoms with E-state index in [1.165, 1.54) is 0 Å². The van der Waals surface area contributed by atoms with E-state index in [0.717, 1.165) is 25.9 Å². The molecular weight excluding hydrogens is 216 g/mol. The number of hydrogen-bond acceptors (Lipinski definition) is 3. The maximum Gasteiger partial charge on any atom is 0.251 e. The van der Waals surface area contributed by atoms with E-state index in [0.29, 0.717) is 6.04 Å². The van der Waals surface area contributed by atoms with Crippen molar-refractivity contribution in [1.82, 2.24) is 10.2 Å². The normalized spacial score (nSPS) is 19.1. The number of rotatable bonds is 3. The summed E-state index contributed by atoms with van der Waals surface area (Å²) in [4.78, 5) is 13.6. The van der Waals surface area contributed by atoms with E-state index >= 15 is 0 Å². The fourth-order valence-electron chi connectivity index (χ4n) is 1.76. The van der Waals surface area contributed by atoms with E-state index in [-0.39, 0.29) is 24.4 Å². The molecule has 1 N–H and O–H groups in total. The number of nitrogens with one attached hydrogen (secondary N) is 1. The van der Waals surface area contributed by atoms with Crippen LogP contribution in [0.5, 0.6) is 0 Å². The zero-order valence-electron chi connectivity index (χ0n) is 9.66. The molecule has 1 fully saturated rings. The number of methoxy groups -OCH3 is 1. The van der Waals surface area contributed by atoms with Gasteiger partial charge in [0.15, 0.2) is 0 Å². The Hall–Kier alpha value is -0.320. The lowest BCUT2D eigenvalue weighted by molar-refractivity contribution is -0.142. The van der Waals surface area contributed by atoms with Gasteiger partial charge in [0.2, 0.25) is 0 Å². The molecule has 0 saturated carbocycles. The van der Waals surface area contributed by atoms with Crippen LogP contribution in [0.4, 0.5) is 0 Å². The van der Waals surface area contributed by atoms with Crippen molar-refractivity contribution >= 4 is 18.3 Å². The van der Waals surface area contributed by atoms with E-state index in [9.17, 15) is 4.79 Å². The Balaban J connectivity index is 0.00000196. The van der Waals surface area contributed by atoms with E-state index < -0.39 is 0 Å². The van der Waals surface area contributed by atoms with Gasteiger partial charge < -0.3 is 15.0 Å². The van der Waals surface area contributed by atoms with Crippen molar-refractivity contribution < 1.29 is 9.53 Å². The third-order valence-corrected chi connectivity index (χ3v) is 2.91. The summed E-state index contributed by atoms with van der Waals surface area (Å²) in [6, 6.07) is 0.376. The Labute approximate surface area is 97.8 Å². The molecule has 0 aromatic rings. The largest absolute Gasteiger partial charge is 0.372 e. The predicted octanol–water partition coefficient (Wildman–Crippen LogP) is 0.653. The van der Waals surface area contributed by atoms with Crippen LogP contribution >= 0.6 is 12.4 Å². The summed E-state index contributed by atoms with van der Waals surface area (Å²) in [7, 11) is 3.44. The van der Waals surface area contributed by atoms with Crippen molar-refractivity contribution in [3.8, 4) is 0 Å². The van der Waals surface area contributed by atoms with Crippen molar-refractivity contribution in [3.05, 3.63) is 0 Å². The number of ether oxygens (including phenoxy) is 1. The first-order chi connectivity index (χ1) is 6.66. The van der Waals surface area contributed by atoms with Crippen LogP contribution in [-0.2, 0) is 9.53 Å². The van der Waals surface area contributed by atoms with Gasteiger partial charge in [-0.3, -0.25) is 4.79 Å². The Morgan fingerprint density at radius 2 is 2.00 bits per heavy atom. The highest BCUT2D eigenvalue weighted by atomic mass is 35.5. The number of amides is 1. The molecule has 1 unspecified atom stereocenters. The van der Waals surface area contributed by atoms with Crippen molar-refractivity contribution in [2.24, 2.45) is 0 Å². The molecule has 90 valence electrons. The molecule has 0 radical (unpaired) electrons. The maximum atomic E-state index is 11.8. The molecule has 1 amide bonds. The first-order valence-corrected chi connectivity index (χ1v) is 5.17. The van der Waals surface area contributed by atoms with Gasteiger partial charge in [-0.25, -0.2) is 0 Å². The molecule has 1 heterocycles. The van der Waals surface area contributed by atoms with E-state index in [4.69, 9.17) is 4.74 Å². The third-order valence-electron chi connectivity index (χ3n) is 2.91. The van der Waals surface area contributed by atoms with Crippen molar-refractivity contribution in [1.29, 1.82) is 0 Å². The minimum Gasteiger partial charge on any atom is -0.372 e. The fraction of sp³-hybridized carbons (Fsp3) is 0.900. The quantitative estimate of drug-likeness (QED) is 0.783. The van der Waals surface area contributed by atoms with Gasteiger partial charge in [-0.1, -0.05) is 0 Å². The van der Waals surface area contributed by atoms with Crippen LogP contribution in [0.1, 0.15) is 19.8 Å². The third kappa shape index (κ3) is 3.97. The minimum absolute atomic E-state index is 0. The average Bonchev–Trinajstić information content (AvgIpc) is 2.27. The second-order valence-corrected chi connectivity index (χ2v) is 3.81. The molecule has 5 heteroatoms. The molecule has 0 bridgehead atoms. The van der Waals surface area contributed by atoms with E-state index in [1.54, 1.807) is 14.0 Å². The number of piperidine rings is 1. The summed E-state index contributed by atoms with van der Waals surface area (Å²) < 4.78 is 5.02.